The van der Waals surface area contributed by atoms with Crippen molar-refractivity contribution in [2.24, 2.45) is 0 Å². The zero-order valence-electron chi connectivity index (χ0n) is 21.4. The van der Waals surface area contributed by atoms with E-state index in [-0.39, 0.29) is 12.7 Å². The molecule has 0 N–H and O–H groups in total. The van der Waals surface area contributed by atoms with Crippen LogP contribution in [0.2, 0.25) is 0 Å². The second-order valence-corrected chi connectivity index (χ2v) is 9.81. The van der Waals surface area contributed by atoms with E-state index in [4.69, 9.17) is 19.6 Å². The molecule has 2 aromatic heterocycles. The number of carbonyl (C=O) groups is 1. The zero-order valence-corrected chi connectivity index (χ0v) is 21.4. The summed E-state index contributed by atoms with van der Waals surface area (Å²) in [4.78, 5) is 23.1. The van der Waals surface area contributed by atoms with E-state index in [9.17, 15) is 4.79 Å². The van der Waals surface area contributed by atoms with Crippen LogP contribution < -0.4 is 9.47 Å². The van der Waals surface area contributed by atoms with E-state index >= 15 is 0 Å². The quantitative estimate of drug-likeness (QED) is 0.335. The second kappa shape index (κ2) is 9.89. The van der Waals surface area contributed by atoms with Crippen molar-refractivity contribution in [1.82, 2.24) is 24.4 Å². The van der Waals surface area contributed by atoms with E-state index < -0.39 is 0 Å². The van der Waals surface area contributed by atoms with E-state index in [1.54, 1.807) is 4.52 Å². The molecule has 2 aliphatic rings. The molecule has 8 nitrogen and oxygen atoms in total. The Kier molecular flexibility index (Phi) is 5.94. The Bertz CT molecular complexity index is 1640. The third-order valence-corrected chi connectivity index (χ3v) is 7.29. The maximum Gasteiger partial charge on any atom is 0.272 e. The van der Waals surface area contributed by atoms with Gasteiger partial charge < -0.3 is 14.4 Å². The first-order valence-corrected chi connectivity index (χ1v) is 13.1. The number of carbonyl (C=O) groups excluding carboxylic acids is 1. The minimum Gasteiger partial charge on any atom is -0.454 e. The fourth-order valence-corrected chi connectivity index (χ4v) is 5.20. The monoisotopic (exact) mass is 517 g/mol. The van der Waals surface area contributed by atoms with Crippen molar-refractivity contribution < 1.29 is 14.3 Å². The number of ether oxygens (including phenoxy) is 2. The third kappa shape index (κ3) is 4.59. The lowest BCUT2D eigenvalue weighted by Gasteiger charge is -2.34. The molecule has 0 radical (unpaired) electrons. The number of rotatable bonds is 5. The number of fused-ring (bicyclic) bond motifs is 2. The van der Waals surface area contributed by atoms with E-state index in [2.05, 4.69) is 11.0 Å². The smallest absolute Gasteiger partial charge is 0.272 e. The molecular weight excluding hydrogens is 490 g/mol. The van der Waals surface area contributed by atoms with Crippen LogP contribution in [0.5, 0.6) is 11.5 Å². The topological polar surface area (TPSA) is 72.2 Å². The van der Waals surface area contributed by atoms with Gasteiger partial charge in [0, 0.05) is 49.9 Å². The van der Waals surface area contributed by atoms with Crippen LogP contribution in [0.3, 0.4) is 0 Å². The highest BCUT2D eigenvalue weighted by Gasteiger charge is 2.26. The van der Waals surface area contributed by atoms with Gasteiger partial charge in [0.25, 0.3) is 5.91 Å². The Balaban J connectivity index is 1.15. The van der Waals surface area contributed by atoms with E-state index in [0.29, 0.717) is 24.4 Å². The van der Waals surface area contributed by atoms with Crippen molar-refractivity contribution in [3.63, 3.8) is 0 Å². The summed E-state index contributed by atoms with van der Waals surface area (Å²) in [6.45, 7) is 3.93. The maximum atomic E-state index is 13.9. The maximum absolute atomic E-state index is 13.9. The molecule has 1 amide bonds. The minimum atomic E-state index is -0.0370. The summed E-state index contributed by atoms with van der Waals surface area (Å²) in [6.07, 6.45) is 0. The largest absolute Gasteiger partial charge is 0.454 e. The molecule has 5 aromatic rings. The van der Waals surface area contributed by atoms with Crippen molar-refractivity contribution >= 4 is 11.6 Å². The minimum absolute atomic E-state index is 0.0370. The molecular formula is C31H27N5O3. The van der Waals surface area contributed by atoms with Crippen LogP contribution in [-0.4, -0.2) is 63.3 Å². The summed E-state index contributed by atoms with van der Waals surface area (Å²) in [7, 11) is 0. The molecule has 0 bridgehead atoms. The van der Waals surface area contributed by atoms with Gasteiger partial charge in [0.05, 0.1) is 11.4 Å². The van der Waals surface area contributed by atoms with E-state index in [0.717, 1.165) is 53.6 Å². The van der Waals surface area contributed by atoms with Crippen molar-refractivity contribution in [1.29, 1.82) is 0 Å². The summed E-state index contributed by atoms with van der Waals surface area (Å²) in [5, 5.41) is 4.81. The number of aromatic nitrogens is 3. The molecule has 1 fully saturated rings. The molecule has 0 saturated carbocycles. The highest BCUT2D eigenvalue weighted by molar-refractivity contribution is 5.94. The Morgan fingerprint density at radius 3 is 2.18 bits per heavy atom. The van der Waals surface area contributed by atoms with Crippen LogP contribution >= 0.6 is 0 Å². The lowest BCUT2D eigenvalue weighted by Crippen LogP contribution is -2.48. The summed E-state index contributed by atoms with van der Waals surface area (Å²) in [5.41, 5.74) is 5.84. The van der Waals surface area contributed by atoms with Crippen LogP contribution in [0.25, 0.3) is 28.2 Å². The Hall–Kier alpha value is -4.69. The summed E-state index contributed by atoms with van der Waals surface area (Å²) in [6, 6.07) is 29.8. The van der Waals surface area contributed by atoms with Crippen molar-refractivity contribution in [2.45, 2.75) is 6.54 Å². The average Bonchev–Trinajstić information content (AvgIpc) is 3.65. The van der Waals surface area contributed by atoms with Crippen LogP contribution in [0, 0.1) is 0 Å². The first-order chi connectivity index (χ1) is 19.2. The molecule has 1 saturated heterocycles. The standard InChI is InChI=1S/C31H27N5O3/c37-31(35-15-13-34(14-16-35)20-22-11-12-28-29(17-22)39-21-38-28)27-18-25(23-7-3-1-4-8-23)32-30-19-26(33-36(27)30)24-9-5-2-6-10-24/h1-12,17-19H,13-16,20-21H2. The number of hydrogen-bond acceptors (Lipinski definition) is 6. The highest BCUT2D eigenvalue weighted by atomic mass is 16.7. The lowest BCUT2D eigenvalue weighted by molar-refractivity contribution is 0.0620. The molecule has 0 atom stereocenters. The number of piperazine rings is 1. The van der Waals surface area contributed by atoms with E-state index in [1.807, 2.05) is 89.8 Å². The van der Waals surface area contributed by atoms with Gasteiger partial charge in [-0.25, -0.2) is 9.50 Å². The molecule has 3 aromatic carbocycles. The van der Waals surface area contributed by atoms with Crippen molar-refractivity contribution in [2.75, 3.05) is 33.0 Å². The Morgan fingerprint density at radius 2 is 1.44 bits per heavy atom. The molecule has 4 heterocycles. The van der Waals surface area contributed by atoms with Crippen LogP contribution in [-0.2, 0) is 6.54 Å². The molecule has 0 unspecified atom stereocenters. The third-order valence-electron chi connectivity index (χ3n) is 7.29. The molecule has 194 valence electrons. The van der Waals surface area contributed by atoms with Crippen molar-refractivity contribution in [3.05, 3.63) is 102 Å². The Morgan fingerprint density at radius 1 is 0.744 bits per heavy atom. The number of amides is 1. The SMILES string of the molecule is O=C(c1cc(-c2ccccc2)nc2cc(-c3ccccc3)nn12)N1CCN(Cc2ccc3c(c2)OCO3)CC1. The fourth-order valence-electron chi connectivity index (χ4n) is 5.20. The number of benzene rings is 3. The zero-order chi connectivity index (χ0) is 26.2. The normalized spacial score (nSPS) is 15.1. The number of nitrogens with zero attached hydrogens (tertiary/aromatic N) is 5. The highest BCUT2D eigenvalue weighted by Crippen LogP contribution is 2.33. The molecule has 7 rings (SSSR count). The van der Waals surface area contributed by atoms with Gasteiger partial charge in [-0.15, -0.1) is 0 Å². The van der Waals surface area contributed by atoms with Gasteiger partial charge in [-0.05, 0) is 23.8 Å². The number of hydrogen-bond donors (Lipinski definition) is 0. The fraction of sp³-hybridized carbons (Fsp3) is 0.194. The molecule has 8 heteroatoms. The molecule has 2 aliphatic heterocycles. The summed E-state index contributed by atoms with van der Waals surface area (Å²) < 4.78 is 12.6. The summed E-state index contributed by atoms with van der Waals surface area (Å²) in [5.74, 6) is 1.55. The second-order valence-electron chi connectivity index (χ2n) is 9.81. The van der Waals surface area contributed by atoms with Crippen LogP contribution in [0.15, 0.2) is 91.0 Å². The van der Waals surface area contributed by atoms with Gasteiger partial charge in [0.1, 0.15) is 5.69 Å². The van der Waals surface area contributed by atoms with Crippen LogP contribution in [0.4, 0.5) is 0 Å². The predicted octanol–water partition coefficient (Wildman–Crippen LogP) is 4.75. The van der Waals surface area contributed by atoms with Gasteiger partial charge in [-0.3, -0.25) is 9.69 Å². The summed E-state index contributed by atoms with van der Waals surface area (Å²) >= 11 is 0. The van der Waals surface area contributed by atoms with Gasteiger partial charge >= 0.3 is 0 Å². The first kappa shape index (κ1) is 23.4. The van der Waals surface area contributed by atoms with Gasteiger partial charge in [0.15, 0.2) is 17.1 Å². The van der Waals surface area contributed by atoms with Gasteiger partial charge in [0.2, 0.25) is 6.79 Å². The van der Waals surface area contributed by atoms with Gasteiger partial charge in [-0.1, -0.05) is 66.7 Å². The van der Waals surface area contributed by atoms with Crippen LogP contribution in [0.1, 0.15) is 16.1 Å². The molecule has 0 aliphatic carbocycles. The van der Waals surface area contributed by atoms with Crippen molar-refractivity contribution in [3.8, 4) is 34.0 Å². The average molecular weight is 518 g/mol. The van der Waals surface area contributed by atoms with E-state index in [1.165, 1.54) is 5.56 Å². The van der Waals surface area contributed by atoms with Gasteiger partial charge in [-0.2, -0.15) is 5.10 Å². The lowest BCUT2D eigenvalue weighted by atomic mass is 10.1. The predicted molar refractivity (Wildman–Crippen MR) is 148 cm³/mol. The first-order valence-electron chi connectivity index (χ1n) is 13.1. The Labute approximate surface area is 226 Å². The molecule has 0 spiro atoms. The molecule has 39 heavy (non-hydrogen) atoms.